The fourth-order valence-electron chi connectivity index (χ4n) is 1.44. The number of rotatable bonds is 6. The van der Waals surface area contributed by atoms with Crippen molar-refractivity contribution in [2.75, 3.05) is 20.3 Å². The minimum atomic E-state index is -1.10. The molecular formula is C12H18N2O5. The van der Waals surface area contributed by atoms with Crippen molar-refractivity contribution >= 4 is 5.91 Å². The number of amides is 1. The molecule has 0 bridgehead atoms. The highest BCUT2D eigenvalue weighted by molar-refractivity contribution is 5.94. The minimum Gasteiger partial charge on any atom is -0.494 e. The number of ether oxygens (including phenoxy) is 1. The smallest absolute Gasteiger partial charge is 0.251 e. The maximum absolute atomic E-state index is 11.8. The summed E-state index contributed by atoms with van der Waals surface area (Å²) in [5, 5.41) is 21.6. The molecule has 7 heteroatoms. The number of aliphatic hydroxyl groups is 1. The van der Waals surface area contributed by atoms with Gasteiger partial charge in [-0.05, 0) is 6.92 Å². The molecule has 0 aromatic carbocycles. The fourth-order valence-corrected chi connectivity index (χ4v) is 1.44. The van der Waals surface area contributed by atoms with Gasteiger partial charge >= 0.3 is 0 Å². The molecular weight excluding hydrogens is 252 g/mol. The highest BCUT2D eigenvalue weighted by atomic mass is 16.5. The number of hydrogen-bond acceptors (Lipinski definition) is 5. The second kappa shape index (κ2) is 6.35. The average molecular weight is 270 g/mol. The van der Waals surface area contributed by atoms with Crippen LogP contribution in [0.2, 0.25) is 0 Å². The van der Waals surface area contributed by atoms with Crippen molar-refractivity contribution in [3.8, 4) is 5.88 Å². The van der Waals surface area contributed by atoms with Gasteiger partial charge in [-0.2, -0.15) is 0 Å². The highest BCUT2D eigenvalue weighted by Crippen LogP contribution is 2.09. The molecule has 0 aliphatic carbocycles. The van der Waals surface area contributed by atoms with Crippen LogP contribution in [0.5, 0.6) is 5.88 Å². The Hall–Kier alpha value is -1.86. The summed E-state index contributed by atoms with van der Waals surface area (Å²) in [7, 11) is 1.52. The van der Waals surface area contributed by atoms with E-state index in [9.17, 15) is 19.8 Å². The zero-order valence-corrected chi connectivity index (χ0v) is 10.9. The lowest BCUT2D eigenvalue weighted by Gasteiger charge is -2.23. The molecule has 0 fully saturated rings. The lowest BCUT2D eigenvalue weighted by molar-refractivity contribution is 0.0243. The van der Waals surface area contributed by atoms with Crippen LogP contribution in [0.1, 0.15) is 23.7 Å². The van der Waals surface area contributed by atoms with Crippen LogP contribution in [0.4, 0.5) is 0 Å². The Morgan fingerprint density at radius 2 is 2.21 bits per heavy atom. The third-order valence-corrected chi connectivity index (χ3v) is 2.57. The standard InChI is InChI=1S/C12H18N2O5/c1-12(18,3-4-19-2)7-13-11(17)8-5-9(15)14-10(16)6-8/h5-6,18H,3-4,7H2,1-2H3,(H,13,17)(H2,14,15,16). The molecule has 1 aromatic rings. The van der Waals surface area contributed by atoms with Gasteiger partial charge in [-0.1, -0.05) is 0 Å². The first-order chi connectivity index (χ1) is 8.84. The Bertz CT molecular complexity index is 495. The zero-order chi connectivity index (χ0) is 14.5. The second-order valence-electron chi connectivity index (χ2n) is 4.54. The first-order valence-corrected chi connectivity index (χ1v) is 5.77. The van der Waals surface area contributed by atoms with Gasteiger partial charge in [0.15, 0.2) is 5.88 Å². The topological polar surface area (TPSA) is 112 Å². The molecule has 0 saturated heterocycles. The van der Waals surface area contributed by atoms with Crippen LogP contribution in [0.25, 0.3) is 0 Å². The van der Waals surface area contributed by atoms with Crippen molar-refractivity contribution in [2.24, 2.45) is 0 Å². The van der Waals surface area contributed by atoms with Gasteiger partial charge in [0.1, 0.15) is 0 Å². The number of methoxy groups -OCH3 is 1. The third kappa shape index (κ3) is 5.11. The van der Waals surface area contributed by atoms with Crippen LogP contribution in [-0.4, -0.2) is 47.0 Å². The third-order valence-electron chi connectivity index (χ3n) is 2.57. The number of H-pyrrole nitrogens is 1. The van der Waals surface area contributed by atoms with E-state index in [0.29, 0.717) is 13.0 Å². The summed E-state index contributed by atoms with van der Waals surface area (Å²) < 4.78 is 4.85. The molecule has 0 spiro atoms. The van der Waals surface area contributed by atoms with Crippen LogP contribution in [0.3, 0.4) is 0 Å². The van der Waals surface area contributed by atoms with E-state index in [2.05, 4.69) is 10.3 Å². The van der Waals surface area contributed by atoms with E-state index in [1.165, 1.54) is 7.11 Å². The molecule has 0 aliphatic rings. The summed E-state index contributed by atoms with van der Waals surface area (Å²) in [6, 6.07) is 2.21. The normalized spacial score (nSPS) is 13.8. The number of hydrogen-bond donors (Lipinski definition) is 4. The van der Waals surface area contributed by atoms with E-state index in [0.717, 1.165) is 12.1 Å². The van der Waals surface area contributed by atoms with E-state index in [-0.39, 0.29) is 18.0 Å². The van der Waals surface area contributed by atoms with Crippen LogP contribution >= 0.6 is 0 Å². The zero-order valence-electron chi connectivity index (χ0n) is 10.9. The van der Waals surface area contributed by atoms with Crippen LogP contribution in [0, 0.1) is 0 Å². The van der Waals surface area contributed by atoms with Gasteiger partial charge in [-0.15, -0.1) is 0 Å². The molecule has 1 atom stereocenters. The highest BCUT2D eigenvalue weighted by Gasteiger charge is 2.21. The summed E-state index contributed by atoms with van der Waals surface area (Å²) in [5.74, 6) is -0.928. The molecule has 0 saturated carbocycles. The van der Waals surface area contributed by atoms with E-state index in [1.54, 1.807) is 6.92 Å². The van der Waals surface area contributed by atoms with Gasteiger partial charge in [-0.25, -0.2) is 0 Å². The van der Waals surface area contributed by atoms with Crippen molar-refractivity contribution in [3.05, 3.63) is 28.0 Å². The van der Waals surface area contributed by atoms with Crippen molar-refractivity contribution in [1.82, 2.24) is 10.3 Å². The SMILES string of the molecule is COCCC(C)(O)CNC(=O)c1cc(O)[nH]c(=O)c1. The molecule has 0 radical (unpaired) electrons. The summed E-state index contributed by atoms with van der Waals surface area (Å²) in [6.45, 7) is 1.96. The number of pyridine rings is 1. The molecule has 7 nitrogen and oxygen atoms in total. The first kappa shape index (κ1) is 15.2. The maximum Gasteiger partial charge on any atom is 0.251 e. The quantitative estimate of drug-likeness (QED) is 0.562. The van der Waals surface area contributed by atoms with Gasteiger partial charge in [0.2, 0.25) is 0 Å². The largest absolute Gasteiger partial charge is 0.494 e. The number of nitrogens with one attached hydrogen (secondary N) is 2. The molecule has 1 heterocycles. The number of aromatic nitrogens is 1. The van der Waals surface area contributed by atoms with Crippen LogP contribution in [-0.2, 0) is 4.74 Å². The van der Waals surface area contributed by atoms with Gasteiger partial charge in [-0.3, -0.25) is 14.6 Å². The Balaban J connectivity index is 2.62. The lowest BCUT2D eigenvalue weighted by atomic mass is 10.0. The maximum atomic E-state index is 11.8. The van der Waals surface area contributed by atoms with Crippen LogP contribution < -0.4 is 10.9 Å². The van der Waals surface area contributed by atoms with Gasteiger partial charge < -0.3 is 20.3 Å². The molecule has 1 unspecified atom stereocenters. The first-order valence-electron chi connectivity index (χ1n) is 5.77. The fraction of sp³-hybridized carbons (Fsp3) is 0.500. The lowest BCUT2D eigenvalue weighted by Crippen LogP contribution is -2.41. The Labute approximate surface area is 110 Å². The summed E-state index contributed by atoms with van der Waals surface area (Å²) in [4.78, 5) is 25.0. The molecule has 1 amide bonds. The number of aromatic amines is 1. The Kier molecular flexibility index (Phi) is 5.08. The average Bonchev–Trinajstić information content (AvgIpc) is 2.32. The molecule has 1 rings (SSSR count). The second-order valence-corrected chi connectivity index (χ2v) is 4.54. The minimum absolute atomic E-state index is 0.0166. The number of carbonyl (C=O) groups excluding carboxylic acids is 1. The van der Waals surface area contributed by atoms with E-state index in [1.807, 2.05) is 0 Å². The van der Waals surface area contributed by atoms with Gasteiger partial charge in [0, 0.05) is 38.8 Å². The number of carbonyl (C=O) groups is 1. The summed E-state index contributed by atoms with van der Waals surface area (Å²) in [6.07, 6.45) is 0.365. The summed E-state index contributed by atoms with van der Waals surface area (Å²) in [5.41, 5.74) is -1.64. The molecule has 106 valence electrons. The Morgan fingerprint density at radius 3 is 2.79 bits per heavy atom. The Morgan fingerprint density at radius 1 is 1.53 bits per heavy atom. The predicted octanol–water partition coefficient (Wildman–Crippen LogP) is -0.402. The monoisotopic (exact) mass is 270 g/mol. The van der Waals surface area contributed by atoms with Crippen molar-refractivity contribution in [3.63, 3.8) is 0 Å². The van der Waals surface area contributed by atoms with Crippen molar-refractivity contribution < 1.29 is 19.7 Å². The molecule has 1 aromatic heterocycles. The summed E-state index contributed by atoms with van der Waals surface area (Å²) >= 11 is 0. The van der Waals surface area contributed by atoms with E-state index >= 15 is 0 Å². The molecule has 19 heavy (non-hydrogen) atoms. The van der Waals surface area contributed by atoms with Gasteiger partial charge in [0.05, 0.1) is 11.2 Å². The molecule has 4 N–H and O–H groups in total. The van der Waals surface area contributed by atoms with Gasteiger partial charge in [0.25, 0.3) is 11.5 Å². The van der Waals surface area contributed by atoms with Crippen LogP contribution in [0.15, 0.2) is 16.9 Å². The van der Waals surface area contributed by atoms with Crippen molar-refractivity contribution in [2.45, 2.75) is 18.9 Å². The predicted molar refractivity (Wildman–Crippen MR) is 68.2 cm³/mol. The van der Waals surface area contributed by atoms with E-state index < -0.39 is 17.1 Å². The molecule has 0 aliphatic heterocycles. The van der Waals surface area contributed by atoms with E-state index in [4.69, 9.17) is 4.74 Å². The van der Waals surface area contributed by atoms with Crippen molar-refractivity contribution in [1.29, 1.82) is 0 Å². The number of aromatic hydroxyl groups is 1.